The second-order valence-electron chi connectivity index (χ2n) is 9.37. The first kappa shape index (κ1) is 23.4. The first-order valence-electron chi connectivity index (χ1n) is 12.7. The molecule has 1 amide bonds. The van der Waals surface area contributed by atoms with Crippen LogP contribution in [0, 0.1) is 0 Å². The van der Waals surface area contributed by atoms with Crippen LogP contribution in [-0.4, -0.2) is 71.3 Å². The number of rotatable bonds is 6. The third-order valence-corrected chi connectivity index (χ3v) is 6.87. The number of nitrogens with one attached hydrogen (secondary N) is 4. The maximum absolute atomic E-state index is 12.9. The molecule has 6 rings (SSSR count). The molecule has 0 unspecified atom stereocenters. The number of anilines is 3. The van der Waals surface area contributed by atoms with Gasteiger partial charge in [0.1, 0.15) is 23.5 Å². The Hall–Kier alpha value is -4.02. The van der Waals surface area contributed by atoms with Crippen molar-refractivity contribution in [3.63, 3.8) is 0 Å². The maximum Gasteiger partial charge on any atom is 0.274 e. The summed E-state index contributed by atoms with van der Waals surface area (Å²) in [4.78, 5) is 31.7. The van der Waals surface area contributed by atoms with Gasteiger partial charge in [-0.1, -0.05) is 12.1 Å². The number of pyridine rings is 1. The highest BCUT2D eigenvalue weighted by molar-refractivity contribution is 6.03. The SMILES string of the molecule is O=C(Nc1ccc(-c2cc3c(N4CCOCC4)ncnc3[nH]2)cc1)c1cc(NC2CCNCC2)ccn1. The molecule has 0 atom stereocenters. The summed E-state index contributed by atoms with van der Waals surface area (Å²) < 4.78 is 5.48. The smallest absolute Gasteiger partial charge is 0.274 e. The minimum atomic E-state index is -0.238. The standard InChI is InChI=1S/C27H30N8O2/c36-27(24-15-21(7-10-29-24)32-20-5-8-28-9-6-20)33-19-3-1-18(2-4-19)23-16-22-25(34-23)30-17-31-26(22)35-11-13-37-14-12-35/h1-4,7,10,15-17,20,28H,5-6,8-9,11-14H2,(H,29,32)(H,33,36)(H,30,31,34). The van der Waals surface area contributed by atoms with Crippen LogP contribution in [0.25, 0.3) is 22.3 Å². The molecule has 10 nitrogen and oxygen atoms in total. The lowest BCUT2D eigenvalue weighted by atomic mass is 10.1. The molecule has 2 saturated heterocycles. The molecule has 0 aliphatic carbocycles. The largest absolute Gasteiger partial charge is 0.382 e. The number of morpholine rings is 1. The van der Waals surface area contributed by atoms with Crippen molar-refractivity contribution in [2.45, 2.75) is 18.9 Å². The van der Waals surface area contributed by atoms with Crippen molar-refractivity contribution in [3.8, 4) is 11.3 Å². The topological polar surface area (TPSA) is 120 Å². The number of aromatic nitrogens is 4. The van der Waals surface area contributed by atoms with E-state index in [4.69, 9.17) is 4.74 Å². The second kappa shape index (κ2) is 10.5. The van der Waals surface area contributed by atoms with Gasteiger partial charge in [0, 0.05) is 42.4 Å². The third-order valence-electron chi connectivity index (χ3n) is 6.87. The van der Waals surface area contributed by atoms with Crippen LogP contribution in [0.4, 0.5) is 17.2 Å². The molecule has 2 aliphatic rings. The molecule has 5 heterocycles. The molecule has 2 fully saturated rings. The predicted octanol–water partition coefficient (Wildman–Crippen LogP) is 3.27. The molecule has 3 aromatic heterocycles. The summed E-state index contributed by atoms with van der Waals surface area (Å²) in [6, 6.07) is 13.9. The number of piperidine rings is 1. The molecule has 190 valence electrons. The highest BCUT2D eigenvalue weighted by Gasteiger charge is 2.18. The molecule has 37 heavy (non-hydrogen) atoms. The maximum atomic E-state index is 12.9. The first-order valence-corrected chi connectivity index (χ1v) is 12.7. The number of carbonyl (C=O) groups is 1. The Bertz CT molecular complexity index is 1370. The lowest BCUT2D eigenvalue weighted by molar-refractivity contribution is 0.102. The molecule has 10 heteroatoms. The van der Waals surface area contributed by atoms with Crippen molar-refractivity contribution in [2.24, 2.45) is 0 Å². The average Bonchev–Trinajstić information content (AvgIpc) is 3.39. The molecule has 1 aromatic carbocycles. The van der Waals surface area contributed by atoms with Crippen LogP contribution in [0.2, 0.25) is 0 Å². The van der Waals surface area contributed by atoms with E-state index < -0.39 is 0 Å². The van der Waals surface area contributed by atoms with Crippen molar-refractivity contribution in [2.75, 3.05) is 54.9 Å². The van der Waals surface area contributed by atoms with E-state index in [1.807, 2.05) is 36.4 Å². The highest BCUT2D eigenvalue weighted by Crippen LogP contribution is 2.29. The molecule has 0 radical (unpaired) electrons. The number of hydrogen-bond acceptors (Lipinski definition) is 8. The zero-order valence-electron chi connectivity index (χ0n) is 20.5. The zero-order chi connectivity index (χ0) is 25.0. The molecule has 4 N–H and O–H groups in total. The van der Waals surface area contributed by atoms with E-state index in [0.29, 0.717) is 30.6 Å². The Morgan fingerprint density at radius 3 is 2.59 bits per heavy atom. The Morgan fingerprint density at radius 2 is 1.78 bits per heavy atom. The Labute approximate surface area is 214 Å². The van der Waals surface area contributed by atoms with Crippen molar-refractivity contribution in [1.29, 1.82) is 0 Å². The van der Waals surface area contributed by atoms with Crippen LogP contribution in [0.3, 0.4) is 0 Å². The predicted molar refractivity (Wildman–Crippen MR) is 144 cm³/mol. The van der Waals surface area contributed by atoms with Crippen LogP contribution in [0.15, 0.2) is 55.0 Å². The summed E-state index contributed by atoms with van der Waals surface area (Å²) in [5.74, 6) is 0.682. The van der Waals surface area contributed by atoms with E-state index in [-0.39, 0.29) is 5.91 Å². The highest BCUT2D eigenvalue weighted by atomic mass is 16.5. The average molecular weight is 499 g/mol. The van der Waals surface area contributed by atoms with Gasteiger partial charge in [-0.25, -0.2) is 9.97 Å². The third kappa shape index (κ3) is 5.25. The van der Waals surface area contributed by atoms with E-state index in [1.165, 1.54) is 0 Å². The van der Waals surface area contributed by atoms with Crippen LogP contribution in [-0.2, 0) is 4.74 Å². The van der Waals surface area contributed by atoms with Gasteiger partial charge in [-0.05, 0) is 61.8 Å². The van der Waals surface area contributed by atoms with Crippen LogP contribution >= 0.6 is 0 Å². The number of nitrogens with zero attached hydrogens (tertiary/aromatic N) is 4. The number of hydrogen-bond donors (Lipinski definition) is 4. The zero-order valence-corrected chi connectivity index (χ0v) is 20.5. The lowest BCUT2D eigenvalue weighted by Crippen LogP contribution is -2.36. The quantitative estimate of drug-likeness (QED) is 0.320. The van der Waals surface area contributed by atoms with Crippen molar-refractivity contribution in [3.05, 3.63) is 60.7 Å². The molecular formula is C27H30N8O2. The minimum absolute atomic E-state index is 0.238. The van der Waals surface area contributed by atoms with E-state index in [1.54, 1.807) is 12.5 Å². The number of benzene rings is 1. The Kier molecular flexibility index (Phi) is 6.66. The van der Waals surface area contributed by atoms with E-state index in [9.17, 15) is 4.79 Å². The molecule has 0 bridgehead atoms. The summed E-state index contributed by atoms with van der Waals surface area (Å²) in [5, 5.41) is 10.8. The fourth-order valence-electron chi connectivity index (χ4n) is 4.88. The number of amides is 1. The van der Waals surface area contributed by atoms with Crippen molar-refractivity contribution in [1.82, 2.24) is 25.3 Å². The summed E-state index contributed by atoms with van der Waals surface area (Å²) in [6.45, 7) is 5.04. The van der Waals surface area contributed by atoms with Crippen molar-refractivity contribution >= 4 is 34.1 Å². The summed E-state index contributed by atoms with van der Waals surface area (Å²) in [7, 11) is 0. The van der Waals surface area contributed by atoms with E-state index in [0.717, 1.165) is 72.8 Å². The summed E-state index contributed by atoms with van der Waals surface area (Å²) in [5.41, 5.74) is 4.75. The normalized spacial score (nSPS) is 16.6. The van der Waals surface area contributed by atoms with Gasteiger partial charge in [0.15, 0.2) is 0 Å². The fraction of sp³-hybridized carbons (Fsp3) is 0.333. The van der Waals surface area contributed by atoms with Gasteiger partial charge >= 0.3 is 0 Å². The summed E-state index contributed by atoms with van der Waals surface area (Å²) >= 11 is 0. The van der Waals surface area contributed by atoms with Crippen LogP contribution < -0.4 is 20.9 Å². The molecule has 4 aromatic rings. The van der Waals surface area contributed by atoms with Gasteiger partial charge in [-0.15, -0.1) is 0 Å². The van der Waals surface area contributed by atoms with Gasteiger partial charge < -0.3 is 30.6 Å². The monoisotopic (exact) mass is 498 g/mol. The van der Waals surface area contributed by atoms with Gasteiger partial charge in [0.2, 0.25) is 0 Å². The number of ether oxygens (including phenoxy) is 1. The van der Waals surface area contributed by atoms with Gasteiger partial charge in [-0.3, -0.25) is 9.78 Å². The van der Waals surface area contributed by atoms with E-state index >= 15 is 0 Å². The Morgan fingerprint density at radius 1 is 0.973 bits per heavy atom. The minimum Gasteiger partial charge on any atom is -0.382 e. The molecule has 0 saturated carbocycles. The fourth-order valence-corrected chi connectivity index (χ4v) is 4.88. The first-order chi connectivity index (χ1) is 18.2. The molecular weight excluding hydrogens is 468 g/mol. The molecule has 2 aliphatic heterocycles. The number of fused-ring (bicyclic) bond motifs is 1. The number of aromatic amines is 1. The van der Waals surface area contributed by atoms with E-state index in [2.05, 4.69) is 46.9 Å². The van der Waals surface area contributed by atoms with Crippen LogP contribution in [0.5, 0.6) is 0 Å². The number of H-pyrrole nitrogens is 1. The second-order valence-corrected chi connectivity index (χ2v) is 9.37. The Balaban J connectivity index is 1.15. The lowest BCUT2D eigenvalue weighted by Gasteiger charge is -2.27. The van der Waals surface area contributed by atoms with Crippen LogP contribution in [0.1, 0.15) is 23.3 Å². The number of carbonyl (C=O) groups excluding carboxylic acids is 1. The van der Waals surface area contributed by atoms with Gasteiger partial charge in [0.25, 0.3) is 5.91 Å². The summed E-state index contributed by atoms with van der Waals surface area (Å²) in [6.07, 6.45) is 5.39. The van der Waals surface area contributed by atoms with Gasteiger partial charge in [0.05, 0.1) is 18.6 Å². The van der Waals surface area contributed by atoms with Crippen molar-refractivity contribution < 1.29 is 9.53 Å². The molecule has 0 spiro atoms. The van der Waals surface area contributed by atoms with Gasteiger partial charge in [-0.2, -0.15) is 0 Å².